The Bertz CT molecular complexity index is 1170. The smallest absolute Gasteiger partial charge is 0.382 e. The maximum atomic E-state index is 12.7. The zero-order chi connectivity index (χ0) is 23.4. The number of aryl methyl sites for hydroxylation is 1. The first-order chi connectivity index (χ1) is 15.8. The molecule has 0 saturated heterocycles. The van der Waals surface area contributed by atoms with Crippen LogP contribution >= 0.6 is 0 Å². The van der Waals surface area contributed by atoms with Crippen molar-refractivity contribution in [3.8, 4) is 0 Å². The van der Waals surface area contributed by atoms with Gasteiger partial charge in [0.15, 0.2) is 0 Å². The van der Waals surface area contributed by atoms with Crippen LogP contribution in [0.4, 0.5) is 24.5 Å². The summed E-state index contributed by atoms with van der Waals surface area (Å²) in [6.45, 7) is 2.13. The quantitative estimate of drug-likeness (QED) is 0.386. The summed E-state index contributed by atoms with van der Waals surface area (Å²) in [4.78, 5) is 17.1. The minimum absolute atomic E-state index is 0.363. The van der Waals surface area contributed by atoms with Crippen LogP contribution < -0.4 is 10.6 Å². The summed E-state index contributed by atoms with van der Waals surface area (Å²) < 4.78 is 38.0. The Kier molecular flexibility index (Phi) is 6.67. The van der Waals surface area contributed by atoms with Crippen molar-refractivity contribution in [2.45, 2.75) is 51.2 Å². The summed E-state index contributed by atoms with van der Waals surface area (Å²) in [6, 6.07) is 12.8. The molecule has 1 amide bonds. The number of aromatic nitrogens is 1. The van der Waals surface area contributed by atoms with Crippen LogP contribution in [0.3, 0.4) is 0 Å². The van der Waals surface area contributed by atoms with Crippen molar-refractivity contribution in [1.82, 2.24) is 4.98 Å². The van der Waals surface area contributed by atoms with Gasteiger partial charge in [-0.2, -0.15) is 13.2 Å². The molecule has 0 aliphatic heterocycles. The highest BCUT2D eigenvalue weighted by molar-refractivity contribution is 6.04. The van der Waals surface area contributed by atoms with Crippen LogP contribution in [-0.4, -0.2) is 16.9 Å². The number of carbonyl (C=O) groups excluding carboxylic acids is 1. The number of benzene rings is 2. The Morgan fingerprint density at radius 1 is 1.12 bits per heavy atom. The molecule has 2 N–H and O–H groups in total. The van der Waals surface area contributed by atoms with Gasteiger partial charge in [-0.3, -0.25) is 9.78 Å². The Morgan fingerprint density at radius 2 is 1.88 bits per heavy atom. The molecule has 1 aliphatic rings. The van der Waals surface area contributed by atoms with E-state index in [1.807, 2.05) is 18.2 Å². The summed E-state index contributed by atoms with van der Waals surface area (Å²) in [5.41, 5.74) is 3.37. The molecule has 1 heterocycles. The molecule has 1 saturated carbocycles. The van der Waals surface area contributed by atoms with E-state index in [9.17, 15) is 18.0 Å². The summed E-state index contributed by atoms with van der Waals surface area (Å²) in [6.07, 6.45) is 3.87. The monoisotopic (exact) mass is 453 g/mol. The number of nitrogens with one attached hydrogen (secondary N) is 2. The molecule has 1 fully saturated rings. The molecular weight excluding hydrogens is 427 g/mol. The average Bonchev–Trinajstić information content (AvgIpc) is 2.75. The zero-order valence-corrected chi connectivity index (χ0v) is 18.4. The summed E-state index contributed by atoms with van der Waals surface area (Å²) in [7, 11) is 0. The highest BCUT2D eigenvalue weighted by atomic mass is 19.4. The first-order valence-corrected chi connectivity index (χ1v) is 11.2. The first kappa shape index (κ1) is 22.8. The number of halogens is 3. The first-order valence-electron chi connectivity index (χ1n) is 11.2. The SMILES string of the molecule is CCCc1cc(NC2CCC2)c2cc(NC(=O)/C=C/c3ccc(C(F)(F)F)cc3)ccc2n1. The molecule has 0 radical (unpaired) electrons. The highest BCUT2D eigenvalue weighted by Gasteiger charge is 2.29. The van der Waals surface area contributed by atoms with Crippen LogP contribution in [0.2, 0.25) is 0 Å². The van der Waals surface area contributed by atoms with E-state index in [1.165, 1.54) is 30.7 Å². The van der Waals surface area contributed by atoms with Gasteiger partial charge in [0.2, 0.25) is 5.91 Å². The van der Waals surface area contributed by atoms with E-state index in [0.29, 0.717) is 17.3 Å². The molecule has 7 heteroatoms. The lowest BCUT2D eigenvalue weighted by Gasteiger charge is -2.28. The second-order valence-electron chi connectivity index (χ2n) is 8.36. The fraction of sp³-hybridized carbons (Fsp3) is 0.308. The van der Waals surface area contributed by atoms with E-state index in [-0.39, 0.29) is 5.91 Å². The number of hydrogen-bond acceptors (Lipinski definition) is 3. The molecule has 1 aliphatic carbocycles. The van der Waals surface area contributed by atoms with E-state index in [2.05, 4.69) is 23.6 Å². The second-order valence-corrected chi connectivity index (χ2v) is 8.36. The molecule has 4 nitrogen and oxygen atoms in total. The van der Waals surface area contributed by atoms with Gasteiger partial charge in [0.05, 0.1) is 11.1 Å². The van der Waals surface area contributed by atoms with Crippen LogP contribution in [0.5, 0.6) is 0 Å². The number of pyridine rings is 1. The number of fused-ring (bicyclic) bond motifs is 1. The molecule has 0 bridgehead atoms. The predicted molar refractivity (Wildman–Crippen MR) is 126 cm³/mol. The van der Waals surface area contributed by atoms with E-state index in [4.69, 9.17) is 4.98 Å². The number of amides is 1. The molecule has 0 spiro atoms. The largest absolute Gasteiger partial charge is 0.416 e. The molecule has 1 aromatic heterocycles. The van der Waals surface area contributed by atoms with Crippen LogP contribution in [0.25, 0.3) is 17.0 Å². The summed E-state index contributed by atoms with van der Waals surface area (Å²) in [5.74, 6) is -0.363. The zero-order valence-electron chi connectivity index (χ0n) is 18.4. The van der Waals surface area contributed by atoms with Gasteiger partial charge in [0.25, 0.3) is 0 Å². The Labute approximate surface area is 190 Å². The number of hydrogen-bond donors (Lipinski definition) is 2. The van der Waals surface area contributed by atoms with Crippen molar-refractivity contribution >= 4 is 34.3 Å². The van der Waals surface area contributed by atoms with Gasteiger partial charge < -0.3 is 10.6 Å². The lowest BCUT2D eigenvalue weighted by molar-refractivity contribution is -0.137. The number of nitrogens with zero attached hydrogens (tertiary/aromatic N) is 1. The minimum atomic E-state index is -4.38. The van der Waals surface area contributed by atoms with Gasteiger partial charge in [-0.1, -0.05) is 25.5 Å². The topological polar surface area (TPSA) is 54.0 Å². The molecule has 172 valence electrons. The fourth-order valence-electron chi connectivity index (χ4n) is 3.77. The van der Waals surface area contributed by atoms with Gasteiger partial charge in [-0.15, -0.1) is 0 Å². The van der Waals surface area contributed by atoms with Crippen molar-refractivity contribution in [2.24, 2.45) is 0 Å². The van der Waals surface area contributed by atoms with Crippen molar-refractivity contribution < 1.29 is 18.0 Å². The van der Waals surface area contributed by atoms with Crippen molar-refractivity contribution in [3.05, 3.63) is 71.4 Å². The van der Waals surface area contributed by atoms with Gasteiger partial charge in [0.1, 0.15) is 0 Å². The van der Waals surface area contributed by atoms with E-state index < -0.39 is 11.7 Å². The number of carbonyl (C=O) groups is 1. The molecule has 0 atom stereocenters. The van der Waals surface area contributed by atoms with Gasteiger partial charge >= 0.3 is 6.18 Å². The third-order valence-corrected chi connectivity index (χ3v) is 5.77. The molecule has 33 heavy (non-hydrogen) atoms. The Balaban J connectivity index is 1.50. The van der Waals surface area contributed by atoms with Crippen molar-refractivity contribution in [2.75, 3.05) is 10.6 Å². The van der Waals surface area contributed by atoms with Crippen molar-refractivity contribution in [1.29, 1.82) is 0 Å². The maximum Gasteiger partial charge on any atom is 0.416 e. The normalized spacial score (nSPS) is 14.4. The number of rotatable bonds is 7. The molecule has 2 aromatic carbocycles. The van der Waals surface area contributed by atoms with Crippen LogP contribution in [0, 0.1) is 0 Å². The number of alkyl halides is 3. The van der Waals surface area contributed by atoms with Gasteiger partial charge in [-0.25, -0.2) is 0 Å². The maximum absolute atomic E-state index is 12.7. The predicted octanol–water partition coefficient (Wildman–Crippen LogP) is 6.82. The standard InChI is InChI=1S/C26H26F3N3O/c1-2-4-20-16-24(30-19-5-3-6-19)22-15-21(12-13-23(22)31-20)32-25(33)14-9-17-7-10-18(11-8-17)26(27,28)29/h7-16,19H,2-6H2,1H3,(H,30,31)(H,32,33)/b14-9+. The third-order valence-electron chi connectivity index (χ3n) is 5.77. The lowest BCUT2D eigenvalue weighted by atomic mass is 9.92. The Hall–Kier alpha value is -3.35. The Morgan fingerprint density at radius 3 is 2.52 bits per heavy atom. The van der Waals surface area contributed by atoms with Gasteiger partial charge in [0, 0.05) is 34.6 Å². The summed E-state index contributed by atoms with van der Waals surface area (Å²) in [5, 5.41) is 7.39. The second kappa shape index (κ2) is 9.65. The van der Waals surface area contributed by atoms with Gasteiger partial charge in [-0.05, 0) is 73.7 Å². The minimum Gasteiger partial charge on any atom is -0.382 e. The molecular formula is C26H26F3N3O. The van der Waals surface area contributed by atoms with Crippen LogP contribution in [0.15, 0.2) is 54.6 Å². The highest BCUT2D eigenvalue weighted by Crippen LogP contribution is 2.31. The van der Waals surface area contributed by atoms with Crippen LogP contribution in [-0.2, 0) is 17.4 Å². The third kappa shape index (κ3) is 5.72. The number of anilines is 2. The van der Waals surface area contributed by atoms with E-state index in [0.717, 1.165) is 60.1 Å². The van der Waals surface area contributed by atoms with E-state index >= 15 is 0 Å². The lowest BCUT2D eigenvalue weighted by Crippen LogP contribution is -2.27. The molecule has 3 aromatic rings. The fourth-order valence-corrected chi connectivity index (χ4v) is 3.77. The molecule has 0 unspecified atom stereocenters. The van der Waals surface area contributed by atoms with E-state index in [1.54, 1.807) is 0 Å². The molecule has 4 rings (SSSR count). The average molecular weight is 454 g/mol. The summed E-state index contributed by atoms with van der Waals surface area (Å²) >= 11 is 0. The van der Waals surface area contributed by atoms with Crippen LogP contribution in [0.1, 0.15) is 49.4 Å². The van der Waals surface area contributed by atoms with Crippen molar-refractivity contribution in [3.63, 3.8) is 0 Å².